The fourth-order valence-corrected chi connectivity index (χ4v) is 2.54. The molecule has 20 heavy (non-hydrogen) atoms. The van der Waals surface area contributed by atoms with Crippen molar-refractivity contribution in [3.05, 3.63) is 46.5 Å². The number of hydrogen-bond donors (Lipinski definition) is 0. The van der Waals surface area contributed by atoms with Crippen LogP contribution in [0.5, 0.6) is 0 Å². The molecule has 0 saturated heterocycles. The first-order valence-electron chi connectivity index (χ1n) is 8.00. The second-order valence-electron chi connectivity index (χ2n) is 7.59. The van der Waals surface area contributed by atoms with Crippen molar-refractivity contribution in [2.45, 2.75) is 73.6 Å². The van der Waals surface area contributed by atoms with E-state index in [9.17, 15) is 0 Å². The Hall–Kier alpha value is -1.04. The molecule has 0 saturated carbocycles. The fourth-order valence-electron chi connectivity index (χ4n) is 2.54. The minimum absolute atomic E-state index is 0.253. The third kappa shape index (κ3) is 3.98. The third-order valence-electron chi connectivity index (χ3n) is 3.98. The number of allylic oxidation sites excluding steroid dienone is 2. The van der Waals surface area contributed by atoms with Gasteiger partial charge in [0, 0.05) is 0 Å². The summed E-state index contributed by atoms with van der Waals surface area (Å²) >= 11 is 0. The summed E-state index contributed by atoms with van der Waals surface area (Å²) in [4.78, 5) is 0. The van der Waals surface area contributed by atoms with Crippen LogP contribution < -0.4 is 0 Å². The lowest BCUT2D eigenvalue weighted by Gasteiger charge is -2.29. The summed E-state index contributed by atoms with van der Waals surface area (Å²) in [5.41, 5.74) is 6.64. The molecule has 2 rings (SSSR count). The smallest absolute Gasteiger partial charge is 0.00589 e. The molecule has 0 amide bonds. The zero-order chi connectivity index (χ0) is 15.6. The molecule has 1 aliphatic carbocycles. The first-order chi connectivity index (χ1) is 9.18. The average molecular weight is 272 g/mol. The molecule has 1 aliphatic rings. The molecule has 0 heterocycles. The number of hydrogen-bond acceptors (Lipinski definition) is 0. The predicted molar refractivity (Wildman–Crippen MR) is 91.4 cm³/mol. The molecule has 0 nitrogen and oxygen atoms in total. The minimum Gasteiger partial charge on any atom is -0.0801 e. The second kappa shape index (κ2) is 6.16. The van der Waals surface area contributed by atoms with Crippen molar-refractivity contribution >= 4 is 0 Å². The molecule has 1 aromatic rings. The Labute approximate surface area is 126 Å². The Kier molecular flexibility index (Phi) is 5.24. The molecule has 0 radical (unpaired) electrons. The van der Waals surface area contributed by atoms with E-state index in [1.54, 1.807) is 5.57 Å². The van der Waals surface area contributed by atoms with Gasteiger partial charge in [0.2, 0.25) is 0 Å². The highest BCUT2D eigenvalue weighted by Gasteiger charge is 2.22. The second-order valence-corrected chi connectivity index (χ2v) is 7.59. The van der Waals surface area contributed by atoms with Gasteiger partial charge in [-0.3, -0.25) is 0 Å². The molecule has 1 aromatic carbocycles. The quantitative estimate of drug-likeness (QED) is 0.502. The van der Waals surface area contributed by atoms with Crippen LogP contribution in [-0.4, -0.2) is 0 Å². The van der Waals surface area contributed by atoms with Crippen molar-refractivity contribution in [3.8, 4) is 0 Å². The Morgan fingerprint density at radius 3 is 1.90 bits per heavy atom. The molecule has 0 aromatic heterocycles. The Balaban J connectivity index is 0.000000956. The van der Waals surface area contributed by atoms with Crippen LogP contribution in [-0.2, 0) is 18.3 Å². The van der Waals surface area contributed by atoms with Crippen LogP contribution in [0.15, 0.2) is 29.8 Å². The highest BCUT2D eigenvalue weighted by Crippen LogP contribution is 2.34. The largest absolute Gasteiger partial charge is 0.0801 e. The third-order valence-corrected chi connectivity index (χ3v) is 3.98. The maximum Gasteiger partial charge on any atom is -0.00589 e. The van der Waals surface area contributed by atoms with Gasteiger partial charge in [-0.25, -0.2) is 0 Å². The topological polar surface area (TPSA) is 0 Å². The van der Waals surface area contributed by atoms with Gasteiger partial charge in [0.15, 0.2) is 0 Å². The summed E-state index contributed by atoms with van der Waals surface area (Å²) in [6.45, 7) is 17.8. The summed E-state index contributed by atoms with van der Waals surface area (Å²) in [5, 5.41) is 0. The van der Waals surface area contributed by atoms with Gasteiger partial charge in [0.1, 0.15) is 0 Å². The summed E-state index contributed by atoms with van der Waals surface area (Å²) in [7, 11) is 0. The minimum atomic E-state index is 0.253. The lowest BCUT2D eigenvalue weighted by Crippen LogP contribution is -2.17. The maximum absolute atomic E-state index is 2.44. The molecule has 0 N–H and O–H groups in total. The van der Waals surface area contributed by atoms with Crippen molar-refractivity contribution in [2.24, 2.45) is 5.41 Å². The van der Waals surface area contributed by atoms with E-state index in [0.29, 0.717) is 5.41 Å². The van der Waals surface area contributed by atoms with Gasteiger partial charge in [-0.2, -0.15) is 0 Å². The first kappa shape index (κ1) is 17.0. The van der Waals surface area contributed by atoms with Crippen molar-refractivity contribution in [2.75, 3.05) is 0 Å². The first-order valence-corrected chi connectivity index (χ1v) is 8.00. The SMILES string of the molecule is CC.CC(C)(C)C1=CCc2cc(C(C)(C)C)ccc2C1. The highest BCUT2D eigenvalue weighted by molar-refractivity contribution is 5.42. The van der Waals surface area contributed by atoms with Crippen LogP contribution >= 0.6 is 0 Å². The molecule has 0 spiro atoms. The zero-order valence-electron chi connectivity index (χ0n) is 14.7. The molecule has 0 bridgehead atoms. The molecule has 0 atom stereocenters. The van der Waals surface area contributed by atoms with Crippen molar-refractivity contribution in [1.82, 2.24) is 0 Å². The van der Waals surface area contributed by atoms with Crippen molar-refractivity contribution in [1.29, 1.82) is 0 Å². The van der Waals surface area contributed by atoms with Gasteiger partial charge in [-0.05, 0) is 40.4 Å². The van der Waals surface area contributed by atoms with E-state index in [4.69, 9.17) is 0 Å². The van der Waals surface area contributed by atoms with Crippen LogP contribution in [0.2, 0.25) is 0 Å². The van der Waals surface area contributed by atoms with Gasteiger partial charge >= 0.3 is 0 Å². The standard InChI is InChI=1S/C18H26.C2H6/c1-17(2,3)15-9-7-14-12-16(18(4,5)6)10-8-13(14)11-15;1-2/h7,9-11H,8,12H2,1-6H3;1-2H3. The zero-order valence-corrected chi connectivity index (χ0v) is 14.7. The van der Waals surface area contributed by atoms with E-state index in [1.165, 1.54) is 16.7 Å². The summed E-state index contributed by atoms with van der Waals surface area (Å²) < 4.78 is 0. The van der Waals surface area contributed by atoms with E-state index in [1.807, 2.05) is 13.8 Å². The van der Waals surface area contributed by atoms with Gasteiger partial charge in [0.05, 0.1) is 0 Å². The number of fused-ring (bicyclic) bond motifs is 1. The van der Waals surface area contributed by atoms with E-state index < -0.39 is 0 Å². The summed E-state index contributed by atoms with van der Waals surface area (Å²) in [6.07, 6.45) is 4.67. The Bertz CT molecular complexity index is 476. The number of benzene rings is 1. The van der Waals surface area contributed by atoms with Gasteiger partial charge in [-0.1, -0.05) is 85.2 Å². The molecule has 112 valence electrons. The van der Waals surface area contributed by atoms with Crippen molar-refractivity contribution in [3.63, 3.8) is 0 Å². The van der Waals surface area contributed by atoms with Crippen LogP contribution in [0.1, 0.15) is 72.1 Å². The van der Waals surface area contributed by atoms with Crippen LogP contribution in [0.4, 0.5) is 0 Å². The molecule has 0 heteroatoms. The van der Waals surface area contributed by atoms with E-state index in [0.717, 1.165) is 12.8 Å². The number of rotatable bonds is 0. The van der Waals surface area contributed by atoms with Gasteiger partial charge in [-0.15, -0.1) is 0 Å². The molecular weight excluding hydrogens is 240 g/mol. The monoisotopic (exact) mass is 272 g/mol. The van der Waals surface area contributed by atoms with E-state index >= 15 is 0 Å². The van der Waals surface area contributed by atoms with Crippen molar-refractivity contribution < 1.29 is 0 Å². The molecular formula is C20H32. The molecule has 0 fully saturated rings. The van der Waals surface area contributed by atoms with Gasteiger partial charge < -0.3 is 0 Å². The highest BCUT2D eigenvalue weighted by atomic mass is 14.3. The predicted octanol–water partition coefficient (Wildman–Crippen LogP) is 6.08. The van der Waals surface area contributed by atoms with Crippen LogP contribution in [0, 0.1) is 5.41 Å². The van der Waals surface area contributed by atoms with E-state index in [2.05, 4.69) is 65.8 Å². The Morgan fingerprint density at radius 2 is 1.40 bits per heavy atom. The van der Waals surface area contributed by atoms with Gasteiger partial charge in [0.25, 0.3) is 0 Å². The lowest BCUT2D eigenvalue weighted by atomic mass is 9.76. The summed E-state index contributed by atoms with van der Waals surface area (Å²) in [6, 6.07) is 7.06. The average Bonchev–Trinajstić information content (AvgIpc) is 2.37. The van der Waals surface area contributed by atoms with E-state index in [-0.39, 0.29) is 5.41 Å². The molecule has 0 unspecified atom stereocenters. The Morgan fingerprint density at radius 1 is 0.800 bits per heavy atom. The molecule has 0 aliphatic heterocycles. The summed E-state index contributed by atoms with van der Waals surface area (Å²) in [5.74, 6) is 0. The normalized spacial score (nSPS) is 14.9. The lowest BCUT2D eigenvalue weighted by molar-refractivity contribution is 0.486. The maximum atomic E-state index is 2.44. The van der Waals surface area contributed by atoms with Crippen LogP contribution in [0.3, 0.4) is 0 Å². The fraction of sp³-hybridized carbons (Fsp3) is 0.600. The van der Waals surface area contributed by atoms with Crippen LogP contribution in [0.25, 0.3) is 0 Å².